The van der Waals surface area contributed by atoms with E-state index in [1.807, 2.05) is 12.3 Å². The molecule has 2 aromatic rings. The van der Waals surface area contributed by atoms with Crippen molar-refractivity contribution in [2.24, 2.45) is 0 Å². The van der Waals surface area contributed by atoms with Gasteiger partial charge in [-0.25, -0.2) is 0 Å². The Kier molecular flexibility index (Phi) is 1.62. The number of nitrogens with zero attached hydrogens (tertiary/aromatic N) is 1. The van der Waals surface area contributed by atoms with E-state index in [2.05, 4.69) is 31.8 Å². The zero-order valence-electron chi connectivity index (χ0n) is 9.09. The first-order valence-electron chi connectivity index (χ1n) is 4.84. The van der Waals surface area contributed by atoms with Gasteiger partial charge in [0.25, 0.3) is 0 Å². The van der Waals surface area contributed by atoms with Crippen molar-refractivity contribution in [3.05, 3.63) is 29.2 Å². The Balaban J connectivity index is 2.77. The third kappa shape index (κ3) is 1.46. The molecule has 0 bridgehead atoms. The molecule has 0 atom stereocenters. The SMILES string of the molecule is [2H]c1cc2nccc(C(C)(C)C)c2s1. The van der Waals surface area contributed by atoms with Gasteiger partial charge in [0.1, 0.15) is 0 Å². The first kappa shape index (κ1) is 7.51. The fourth-order valence-electron chi connectivity index (χ4n) is 1.41. The van der Waals surface area contributed by atoms with E-state index in [4.69, 9.17) is 1.37 Å². The standard InChI is InChI=1S/C11H13NS/c1-11(2,3)8-4-6-12-9-5-7-13-10(8)9/h4-7H,1-3H3/i7D. The van der Waals surface area contributed by atoms with Gasteiger partial charge in [0, 0.05) is 6.20 Å². The van der Waals surface area contributed by atoms with Crippen LogP contribution in [0.5, 0.6) is 0 Å². The molecule has 0 aromatic carbocycles. The Morgan fingerprint density at radius 2 is 2.15 bits per heavy atom. The number of fused-ring (bicyclic) bond motifs is 1. The predicted molar refractivity (Wildman–Crippen MR) is 58.3 cm³/mol. The molecule has 0 aliphatic carbocycles. The van der Waals surface area contributed by atoms with Crippen molar-refractivity contribution in [2.75, 3.05) is 0 Å². The summed E-state index contributed by atoms with van der Waals surface area (Å²) in [5, 5.41) is 0.587. The lowest BCUT2D eigenvalue weighted by Gasteiger charge is -2.19. The molecule has 0 saturated carbocycles. The van der Waals surface area contributed by atoms with Crippen LogP contribution in [0.25, 0.3) is 10.2 Å². The molecule has 0 spiro atoms. The van der Waals surface area contributed by atoms with Gasteiger partial charge in [0.05, 0.1) is 11.6 Å². The number of aromatic nitrogens is 1. The van der Waals surface area contributed by atoms with Crippen LogP contribution in [0.4, 0.5) is 0 Å². The third-order valence-electron chi connectivity index (χ3n) is 2.10. The molecular formula is C11H13NS. The second kappa shape index (κ2) is 2.81. The van der Waals surface area contributed by atoms with Gasteiger partial charge in [-0.1, -0.05) is 20.8 Å². The number of rotatable bonds is 0. The summed E-state index contributed by atoms with van der Waals surface area (Å²) in [7, 11) is 0. The highest BCUT2D eigenvalue weighted by atomic mass is 32.1. The molecule has 0 fully saturated rings. The molecule has 13 heavy (non-hydrogen) atoms. The molecule has 0 radical (unpaired) electrons. The largest absolute Gasteiger partial charge is 0.255 e. The second-order valence-corrected chi connectivity index (χ2v) is 5.04. The number of thiophene rings is 1. The third-order valence-corrected chi connectivity index (χ3v) is 2.97. The highest BCUT2D eigenvalue weighted by Crippen LogP contribution is 2.31. The molecular weight excluding hydrogens is 178 g/mol. The van der Waals surface area contributed by atoms with Crippen LogP contribution in [0.3, 0.4) is 0 Å². The topological polar surface area (TPSA) is 12.9 Å². The van der Waals surface area contributed by atoms with Crippen molar-refractivity contribution in [3.63, 3.8) is 0 Å². The van der Waals surface area contributed by atoms with Crippen LogP contribution in [0.1, 0.15) is 27.7 Å². The van der Waals surface area contributed by atoms with Crippen LogP contribution < -0.4 is 0 Å². The first-order valence-corrected chi connectivity index (χ1v) is 5.16. The molecule has 0 aliphatic rings. The molecule has 68 valence electrons. The summed E-state index contributed by atoms with van der Waals surface area (Å²) in [6.45, 7) is 6.56. The van der Waals surface area contributed by atoms with Gasteiger partial charge >= 0.3 is 0 Å². The van der Waals surface area contributed by atoms with E-state index in [1.165, 1.54) is 16.9 Å². The predicted octanol–water partition coefficient (Wildman–Crippen LogP) is 3.59. The summed E-state index contributed by atoms with van der Waals surface area (Å²) in [5.74, 6) is 0. The number of pyridine rings is 1. The normalized spacial score (nSPS) is 13.3. The summed E-state index contributed by atoms with van der Waals surface area (Å²) >= 11 is 1.51. The molecule has 0 amide bonds. The van der Waals surface area contributed by atoms with Gasteiger partial charge in [0.2, 0.25) is 0 Å². The van der Waals surface area contributed by atoms with Crippen molar-refractivity contribution in [2.45, 2.75) is 26.2 Å². The Hall–Kier alpha value is -0.890. The lowest BCUT2D eigenvalue weighted by atomic mass is 9.87. The summed E-state index contributed by atoms with van der Waals surface area (Å²) in [4.78, 5) is 4.27. The van der Waals surface area contributed by atoms with Gasteiger partial charge in [-0.15, -0.1) is 11.3 Å². The van der Waals surface area contributed by atoms with Crippen LogP contribution in [-0.2, 0) is 5.41 Å². The molecule has 0 N–H and O–H groups in total. The van der Waals surface area contributed by atoms with E-state index >= 15 is 0 Å². The van der Waals surface area contributed by atoms with E-state index in [1.54, 1.807) is 0 Å². The first-order chi connectivity index (χ1) is 6.48. The maximum absolute atomic E-state index is 7.60. The molecule has 0 aliphatic heterocycles. The Bertz CT molecular complexity index is 468. The van der Waals surface area contributed by atoms with Crippen LogP contribution in [0.2, 0.25) is 0 Å². The number of hydrogen-bond donors (Lipinski definition) is 0. The van der Waals surface area contributed by atoms with E-state index < -0.39 is 0 Å². The average molecular weight is 192 g/mol. The van der Waals surface area contributed by atoms with Crippen LogP contribution in [0, 0.1) is 0 Å². The quantitative estimate of drug-likeness (QED) is 0.621. The maximum Gasteiger partial charge on any atom is 0.0812 e. The van der Waals surface area contributed by atoms with Gasteiger partial charge in [-0.3, -0.25) is 4.98 Å². The lowest BCUT2D eigenvalue weighted by molar-refractivity contribution is 0.596. The number of hydrogen-bond acceptors (Lipinski definition) is 2. The van der Waals surface area contributed by atoms with Crippen molar-refractivity contribution in [1.29, 1.82) is 0 Å². The van der Waals surface area contributed by atoms with Gasteiger partial charge in [-0.05, 0) is 28.5 Å². The summed E-state index contributed by atoms with van der Waals surface area (Å²) in [6, 6.07) is 3.88. The molecule has 0 unspecified atom stereocenters. The molecule has 1 nitrogen and oxygen atoms in total. The molecule has 2 heteroatoms. The summed E-state index contributed by atoms with van der Waals surface area (Å²) in [5.41, 5.74) is 2.36. The van der Waals surface area contributed by atoms with Crippen molar-refractivity contribution >= 4 is 21.6 Å². The highest BCUT2D eigenvalue weighted by molar-refractivity contribution is 7.17. The monoisotopic (exact) mass is 192 g/mol. The fourth-order valence-corrected chi connectivity index (χ4v) is 2.40. The Morgan fingerprint density at radius 1 is 1.38 bits per heavy atom. The smallest absolute Gasteiger partial charge is 0.0812 e. The second-order valence-electron chi connectivity index (χ2n) is 4.19. The summed E-state index contributed by atoms with van der Waals surface area (Å²) < 4.78 is 8.76. The maximum atomic E-state index is 7.60. The van der Waals surface area contributed by atoms with Crippen LogP contribution in [-0.4, -0.2) is 4.98 Å². The van der Waals surface area contributed by atoms with E-state index in [0.717, 1.165) is 10.2 Å². The van der Waals surface area contributed by atoms with E-state index in [-0.39, 0.29) is 5.41 Å². The molecule has 2 heterocycles. The van der Waals surface area contributed by atoms with Crippen molar-refractivity contribution in [1.82, 2.24) is 4.98 Å². The van der Waals surface area contributed by atoms with E-state index in [0.29, 0.717) is 5.36 Å². The average Bonchev–Trinajstić information content (AvgIpc) is 2.41. The minimum absolute atomic E-state index is 0.123. The van der Waals surface area contributed by atoms with Crippen LogP contribution in [0.15, 0.2) is 23.7 Å². The van der Waals surface area contributed by atoms with Gasteiger partial charge in [0.15, 0.2) is 0 Å². The zero-order valence-corrected chi connectivity index (χ0v) is 8.90. The zero-order chi connectivity index (χ0) is 10.3. The highest BCUT2D eigenvalue weighted by Gasteiger charge is 2.17. The summed E-state index contributed by atoms with van der Waals surface area (Å²) in [6.07, 6.45) is 1.83. The Morgan fingerprint density at radius 3 is 2.85 bits per heavy atom. The van der Waals surface area contributed by atoms with Gasteiger partial charge < -0.3 is 0 Å². The molecule has 0 saturated heterocycles. The van der Waals surface area contributed by atoms with Crippen molar-refractivity contribution < 1.29 is 1.37 Å². The lowest BCUT2D eigenvalue weighted by Crippen LogP contribution is -2.11. The minimum Gasteiger partial charge on any atom is -0.255 e. The van der Waals surface area contributed by atoms with Crippen LogP contribution >= 0.6 is 11.3 Å². The van der Waals surface area contributed by atoms with Crippen molar-refractivity contribution in [3.8, 4) is 0 Å². The molecule has 2 aromatic heterocycles. The van der Waals surface area contributed by atoms with Gasteiger partial charge in [-0.2, -0.15) is 0 Å². The minimum atomic E-state index is 0.123. The Labute approximate surface area is 83.8 Å². The molecule has 2 rings (SSSR count). The fraction of sp³-hybridized carbons (Fsp3) is 0.364. The van der Waals surface area contributed by atoms with E-state index in [9.17, 15) is 0 Å².